The number of rotatable bonds is 5. The van der Waals surface area contributed by atoms with Crippen molar-refractivity contribution in [1.82, 2.24) is 20.5 Å². The average Bonchev–Trinajstić information content (AvgIpc) is 3.28. The fraction of sp³-hybridized carbons (Fsp3) is 0.167. The maximum absolute atomic E-state index is 13.0. The van der Waals surface area contributed by atoms with Gasteiger partial charge < -0.3 is 10.1 Å². The van der Waals surface area contributed by atoms with E-state index in [2.05, 4.69) is 26.6 Å². The predicted octanol–water partition coefficient (Wildman–Crippen LogP) is 2.77. The Morgan fingerprint density at radius 1 is 1.10 bits per heavy atom. The van der Waals surface area contributed by atoms with Gasteiger partial charge in [-0.15, -0.1) is 0 Å². The van der Waals surface area contributed by atoms with E-state index in [0.717, 1.165) is 34.2 Å². The van der Waals surface area contributed by atoms with Crippen LogP contribution in [0.15, 0.2) is 65.7 Å². The van der Waals surface area contributed by atoms with Crippen LogP contribution in [0, 0.1) is 0 Å². The van der Waals surface area contributed by atoms with E-state index in [0.29, 0.717) is 36.3 Å². The van der Waals surface area contributed by atoms with Crippen LogP contribution in [-0.2, 0) is 19.4 Å². The number of H-pyrrole nitrogens is 1. The van der Waals surface area contributed by atoms with Gasteiger partial charge in [-0.2, -0.15) is 5.10 Å². The molecule has 7 nitrogen and oxygen atoms in total. The molecular formula is C24H20N4O3. The third-order valence-electron chi connectivity index (χ3n) is 5.41. The van der Waals surface area contributed by atoms with E-state index in [9.17, 15) is 9.59 Å². The molecule has 0 unspecified atom stereocenters. The smallest absolute Gasteiger partial charge is 0.272 e. The van der Waals surface area contributed by atoms with Crippen molar-refractivity contribution < 1.29 is 9.53 Å². The third kappa shape index (κ3) is 3.77. The summed E-state index contributed by atoms with van der Waals surface area (Å²) in [6.07, 6.45) is 4.67. The summed E-state index contributed by atoms with van der Waals surface area (Å²) in [6.45, 7) is 0.944. The Morgan fingerprint density at radius 3 is 2.81 bits per heavy atom. The summed E-state index contributed by atoms with van der Waals surface area (Å²) in [7, 11) is 0. The molecule has 5 rings (SSSR count). The number of nitrogens with zero attached hydrogens (tertiary/aromatic N) is 2. The zero-order chi connectivity index (χ0) is 21.2. The number of carbonyl (C=O) groups is 1. The Balaban J connectivity index is 1.47. The Hall–Kier alpha value is -4.00. The van der Waals surface area contributed by atoms with Gasteiger partial charge in [-0.1, -0.05) is 30.3 Å². The van der Waals surface area contributed by atoms with Crippen molar-refractivity contribution in [1.29, 1.82) is 0 Å². The van der Waals surface area contributed by atoms with Gasteiger partial charge >= 0.3 is 0 Å². The van der Waals surface area contributed by atoms with Crippen LogP contribution in [0.1, 0.15) is 32.7 Å². The average molecular weight is 412 g/mol. The maximum atomic E-state index is 13.0. The van der Waals surface area contributed by atoms with E-state index in [1.807, 2.05) is 36.4 Å². The van der Waals surface area contributed by atoms with E-state index >= 15 is 0 Å². The molecule has 0 saturated heterocycles. The third-order valence-corrected chi connectivity index (χ3v) is 5.41. The number of aromatic nitrogens is 3. The number of benzene rings is 2. The number of carbonyl (C=O) groups excluding carboxylic acids is 1. The maximum Gasteiger partial charge on any atom is 0.272 e. The number of hydrogen-bond donors (Lipinski definition) is 2. The van der Waals surface area contributed by atoms with Gasteiger partial charge in [0.15, 0.2) is 0 Å². The molecule has 2 aromatic carbocycles. The molecule has 2 aromatic heterocycles. The first-order valence-corrected chi connectivity index (χ1v) is 10.1. The first kappa shape index (κ1) is 19.0. The highest BCUT2D eigenvalue weighted by Gasteiger charge is 2.22. The Bertz CT molecular complexity index is 1330. The van der Waals surface area contributed by atoms with Gasteiger partial charge in [-0.25, -0.2) is 5.10 Å². The molecule has 1 aliphatic rings. The molecule has 0 aliphatic carbocycles. The largest absolute Gasteiger partial charge is 0.492 e. The molecule has 0 fully saturated rings. The zero-order valence-corrected chi connectivity index (χ0v) is 16.7. The van der Waals surface area contributed by atoms with Gasteiger partial charge in [0.2, 0.25) is 0 Å². The lowest BCUT2D eigenvalue weighted by molar-refractivity contribution is 0.0947. The number of hydrogen-bond acceptors (Lipinski definition) is 5. The van der Waals surface area contributed by atoms with Crippen LogP contribution in [0.25, 0.3) is 10.8 Å². The first-order valence-electron chi connectivity index (χ1n) is 10.1. The highest BCUT2D eigenvalue weighted by Crippen LogP contribution is 2.32. The molecule has 0 saturated carbocycles. The first-order chi connectivity index (χ1) is 15.2. The summed E-state index contributed by atoms with van der Waals surface area (Å²) < 4.78 is 5.76. The van der Waals surface area contributed by atoms with Crippen LogP contribution in [0.5, 0.6) is 5.75 Å². The van der Waals surface area contributed by atoms with E-state index < -0.39 is 0 Å². The van der Waals surface area contributed by atoms with Crippen molar-refractivity contribution in [3.8, 4) is 5.75 Å². The number of pyridine rings is 1. The molecule has 2 N–H and O–H groups in total. The number of fused-ring (bicyclic) bond motifs is 2. The Morgan fingerprint density at radius 2 is 1.97 bits per heavy atom. The molecule has 0 atom stereocenters. The molecule has 1 aliphatic heterocycles. The summed E-state index contributed by atoms with van der Waals surface area (Å²) in [4.78, 5) is 29.1. The Kier molecular flexibility index (Phi) is 4.92. The van der Waals surface area contributed by atoms with E-state index in [1.165, 1.54) is 0 Å². The monoisotopic (exact) mass is 412 g/mol. The lowest BCUT2D eigenvalue weighted by Crippen LogP contribution is -2.23. The number of amides is 1. The molecule has 7 heteroatoms. The molecule has 154 valence electrons. The van der Waals surface area contributed by atoms with Gasteiger partial charge in [0.25, 0.3) is 11.5 Å². The second-order valence-electron chi connectivity index (χ2n) is 7.50. The molecule has 4 aromatic rings. The Labute approximate surface area is 178 Å². The molecule has 0 bridgehead atoms. The summed E-state index contributed by atoms with van der Waals surface area (Å²) in [5.41, 5.74) is 3.95. The minimum absolute atomic E-state index is 0.192. The molecule has 31 heavy (non-hydrogen) atoms. The fourth-order valence-corrected chi connectivity index (χ4v) is 3.92. The van der Waals surface area contributed by atoms with Crippen molar-refractivity contribution in [2.24, 2.45) is 0 Å². The van der Waals surface area contributed by atoms with E-state index in [4.69, 9.17) is 4.74 Å². The summed E-state index contributed by atoms with van der Waals surface area (Å²) in [5, 5.41) is 11.2. The molecule has 0 radical (unpaired) electrons. The predicted molar refractivity (Wildman–Crippen MR) is 116 cm³/mol. The minimum atomic E-state index is -0.211. The second-order valence-corrected chi connectivity index (χ2v) is 7.50. The molecule has 1 amide bonds. The second kappa shape index (κ2) is 8.02. The summed E-state index contributed by atoms with van der Waals surface area (Å²) in [6, 6.07) is 15.1. The number of ether oxygens (including phenoxy) is 1. The quantitative estimate of drug-likeness (QED) is 0.525. The van der Waals surface area contributed by atoms with Crippen molar-refractivity contribution in [2.45, 2.75) is 19.4 Å². The van der Waals surface area contributed by atoms with Gasteiger partial charge in [0, 0.05) is 37.2 Å². The minimum Gasteiger partial charge on any atom is -0.492 e. The molecule has 0 spiro atoms. The zero-order valence-electron chi connectivity index (χ0n) is 16.7. The van der Waals surface area contributed by atoms with E-state index in [1.54, 1.807) is 18.5 Å². The normalized spacial score (nSPS) is 12.4. The SMILES string of the molecule is O=C(NCc1cccnc1)c1cc(Cc2n[nH]c(=O)c3ccccc23)cc2c1OCC2. The summed E-state index contributed by atoms with van der Waals surface area (Å²) >= 11 is 0. The van der Waals surface area contributed by atoms with E-state index in [-0.39, 0.29) is 11.5 Å². The number of nitrogens with one attached hydrogen (secondary N) is 2. The van der Waals surface area contributed by atoms with Crippen LogP contribution in [0.3, 0.4) is 0 Å². The van der Waals surface area contributed by atoms with Gasteiger partial charge in [-0.05, 0) is 34.9 Å². The molecular weight excluding hydrogens is 392 g/mol. The van der Waals surface area contributed by atoms with Gasteiger partial charge in [0.1, 0.15) is 5.75 Å². The van der Waals surface area contributed by atoms with Crippen molar-refractivity contribution in [2.75, 3.05) is 6.61 Å². The van der Waals surface area contributed by atoms with Crippen LogP contribution >= 0.6 is 0 Å². The standard InChI is InChI=1S/C24H20N4O3/c29-23(26-14-15-4-3-8-25-13-15)20-11-16(10-17-7-9-31-22(17)20)12-21-18-5-1-2-6-19(18)24(30)28-27-21/h1-6,8,10-11,13H,7,9,12,14H2,(H,26,29)(H,28,30). The van der Waals surface area contributed by atoms with Crippen molar-refractivity contribution in [3.05, 3.63) is 99.2 Å². The molecule has 3 heterocycles. The van der Waals surface area contributed by atoms with Gasteiger partial charge in [-0.3, -0.25) is 14.6 Å². The van der Waals surface area contributed by atoms with Crippen molar-refractivity contribution >= 4 is 16.7 Å². The topological polar surface area (TPSA) is 97.0 Å². The van der Waals surface area contributed by atoms with Crippen molar-refractivity contribution in [3.63, 3.8) is 0 Å². The fourth-order valence-electron chi connectivity index (χ4n) is 3.92. The highest BCUT2D eigenvalue weighted by atomic mass is 16.5. The summed E-state index contributed by atoms with van der Waals surface area (Å²) in [5.74, 6) is 0.454. The highest BCUT2D eigenvalue weighted by molar-refractivity contribution is 5.98. The lowest BCUT2D eigenvalue weighted by atomic mass is 9.98. The number of aromatic amines is 1. The van der Waals surface area contributed by atoms with Crippen LogP contribution in [0.4, 0.5) is 0 Å². The van der Waals surface area contributed by atoms with Crippen LogP contribution < -0.4 is 15.6 Å². The van der Waals surface area contributed by atoms with Gasteiger partial charge in [0.05, 0.1) is 23.3 Å². The lowest BCUT2D eigenvalue weighted by Gasteiger charge is -2.12. The van der Waals surface area contributed by atoms with Crippen LogP contribution in [0.2, 0.25) is 0 Å². The van der Waals surface area contributed by atoms with Crippen LogP contribution in [-0.4, -0.2) is 27.7 Å².